The number of benzene rings is 4. The van der Waals surface area contributed by atoms with Crippen LogP contribution < -0.4 is 26.2 Å². The molecule has 0 N–H and O–H groups in total. The first-order chi connectivity index (χ1) is 27.1. The van der Waals surface area contributed by atoms with Gasteiger partial charge >= 0.3 is 0 Å². The van der Waals surface area contributed by atoms with E-state index in [4.69, 9.17) is 0 Å². The standard InChI is InChI=1S/C30H31N2Si.C19H27N2Si/c1-5-13-25(14-6-1)31-23-26-21-22-30(32(26)24-31)33(27-15-7-2-8-16-27,28-17-9-3-10-18-28)29-19-11-4-12-20-29;1-4-22(5-2,6-3)19-13-12-18-15-20(16-21(18)19)14-17-10-8-7-9-11-17/h2-4,7-12,15-23,25H,1,5-6,13-14,24H2;7-13,15H,4-6,14,16H2,1-3H3/q2*+1. The summed E-state index contributed by atoms with van der Waals surface area (Å²) in [6, 6.07) is 58.8. The van der Waals surface area contributed by atoms with E-state index in [0.29, 0.717) is 6.04 Å². The molecule has 4 aromatic carbocycles. The fraction of sp³-hybridized carbons (Fsp3) is 0.306. The van der Waals surface area contributed by atoms with Gasteiger partial charge < -0.3 is 0 Å². The Kier molecular flexibility index (Phi) is 11.2. The highest BCUT2D eigenvalue weighted by Crippen LogP contribution is 2.24. The average Bonchev–Trinajstić information content (AvgIpc) is 4.05. The smallest absolute Gasteiger partial charge is 0.222 e. The van der Waals surface area contributed by atoms with Crippen LogP contribution in [0, 0.1) is 0 Å². The van der Waals surface area contributed by atoms with Crippen LogP contribution in [0.25, 0.3) is 0 Å². The molecule has 1 fully saturated rings. The van der Waals surface area contributed by atoms with E-state index in [2.05, 4.69) is 197 Å². The third-order valence-corrected chi connectivity index (χ3v) is 23.5. The van der Waals surface area contributed by atoms with Gasteiger partial charge in [-0.25, -0.2) is 9.15 Å². The number of fused-ring (bicyclic) bond motifs is 2. The zero-order chi connectivity index (χ0) is 37.7. The second-order valence-corrected chi connectivity index (χ2v) is 24.9. The minimum absolute atomic E-state index is 0.688. The SMILES string of the molecule is C1=[N+](C2CCCCC2)Cn2c1ccc2[Si](c1ccccc1)(c1ccccc1)c1ccccc1.CC[Si](CC)(CC)c1ccc2n1C[N+](Cc1ccccc1)=C2. The molecule has 9 rings (SSSR count). The van der Waals surface area contributed by atoms with E-state index in [1.165, 1.54) is 88.1 Å². The maximum absolute atomic E-state index is 2.62. The van der Waals surface area contributed by atoms with Gasteiger partial charge in [-0.15, -0.1) is 0 Å². The molecule has 0 unspecified atom stereocenters. The quantitative estimate of drug-likeness (QED) is 0.0744. The Morgan fingerprint density at radius 1 is 0.509 bits per heavy atom. The number of hydrogen-bond acceptors (Lipinski definition) is 0. The molecule has 1 aliphatic carbocycles. The fourth-order valence-electron chi connectivity index (χ4n) is 9.93. The Bertz CT molecular complexity index is 2120. The molecule has 6 heteroatoms. The predicted octanol–water partition coefficient (Wildman–Crippen LogP) is 7.41. The van der Waals surface area contributed by atoms with Gasteiger partial charge in [0.05, 0.1) is 0 Å². The second kappa shape index (κ2) is 16.5. The van der Waals surface area contributed by atoms with Crippen LogP contribution in [0.2, 0.25) is 18.1 Å². The Balaban J connectivity index is 0.000000169. The molecular weight excluding hydrogens is 701 g/mol. The number of hydrogen-bond donors (Lipinski definition) is 0. The zero-order valence-electron chi connectivity index (χ0n) is 33.2. The Morgan fingerprint density at radius 2 is 0.982 bits per heavy atom. The van der Waals surface area contributed by atoms with Gasteiger partial charge in [-0.05, 0) is 52.7 Å². The van der Waals surface area contributed by atoms with Gasteiger partial charge in [0, 0.05) is 29.0 Å². The lowest BCUT2D eigenvalue weighted by molar-refractivity contribution is -0.588. The van der Waals surface area contributed by atoms with Crippen molar-refractivity contribution in [3.8, 4) is 0 Å². The van der Waals surface area contributed by atoms with Crippen LogP contribution in [0.15, 0.2) is 146 Å². The van der Waals surface area contributed by atoms with Gasteiger partial charge in [-0.3, -0.25) is 9.13 Å². The van der Waals surface area contributed by atoms with E-state index < -0.39 is 16.1 Å². The molecule has 0 atom stereocenters. The summed E-state index contributed by atoms with van der Waals surface area (Å²) in [5.41, 5.74) is 4.13. The van der Waals surface area contributed by atoms with E-state index >= 15 is 0 Å². The van der Waals surface area contributed by atoms with Crippen molar-refractivity contribution >= 4 is 54.8 Å². The number of aromatic nitrogens is 2. The molecule has 1 saturated carbocycles. The summed E-state index contributed by atoms with van der Waals surface area (Å²) in [4.78, 5) is 0. The van der Waals surface area contributed by atoms with Crippen molar-refractivity contribution in [3.05, 3.63) is 163 Å². The summed E-state index contributed by atoms with van der Waals surface area (Å²) in [6.07, 6.45) is 11.6. The molecule has 0 radical (unpaired) electrons. The summed E-state index contributed by atoms with van der Waals surface area (Å²) in [6.45, 7) is 10.2. The first-order valence-electron chi connectivity index (χ1n) is 20.9. The van der Waals surface area contributed by atoms with Crippen molar-refractivity contribution in [2.75, 3.05) is 0 Å². The third kappa shape index (κ3) is 7.11. The topological polar surface area (TPSA) is 15.9 Å². The summed E-state index contributed by atoms with van der Waals surface area (Å²) in [7, 11) is -3.77. The second-order valence-electron chi connectivity index (χ2n) is 15.9. The molecule has 280 valence electrons. The molecule has 0 bridgehead atoms. The Hall–Kier alpha value is -4.79. The average molecular weight is 759 g/mol. The van der Waals surface area contributed by atoms with Crippen LogP contribution >= 0.6 is 0 Å². The number of rotatable bonds is 11. The highest BCUT2D eigenvalue weighted by molar-refractivity contribution is 7.19. The van der Waals surface area contributed by atoms with Crippen LogP contribution in [0.3, 0.4) is 0 Å². The van der Waals surface area contributed by atoms with Crippen molar-refractivity contribution in [3.63, 3.8) is 0 Å². The lowest BCUT2D eigenvalue weighted by Crippen LogP contribution is -2.76. The van der Waals surface area contributed by atoms with Crippen molar-refractivity contribution in [1.82, 2.24) is 9.13 Å². The molecule has 6 aromatic rings. The molecular formula is C49H58N4Si2+2. The summed E-state index contributed by atoms with van der Waals surface area (Å²) in [5, 5.41) is 7.47. The van der Waals surface area contributed by atoms with Crippen LogP contribution in [0.4, 0.5) is 0 Å². The van der Waals surface area contributed by atoms with Crippen molar-refractivity contribution in [1.29, 1.82) is 0 Å². The van der Waals surface area contributed by atoms with Crippen molar-refractivity contribution in [2.24, 2.45) is 0 Å². The summed E-state index contributed by atoms with van der Waals surface area (Å²) < 4.78 is 10.3. The van der Waals surface area contributed by atoms with Gasteiger partial charge in [0.1, 0.15) is 19.5 Å². The van der Waals surface area contributed by atoms with E-state index in [0.717, 1.165) is 19.9 Å². The molecule has 2 aliphatic heterocycles. The van der Waals surface area contributed by atoms with Crippen LogP contribution in [0.5, 0.6) is 0 Å². The minimum atomic E-state index is -2.47. The first-order valence-corrected chi connectivity index (χ1v) is 25.5. The molecule has 0 amide bonds. The molecule has 0 saturated heterocycles. The van der Waals surface area contributed by atoms with E-state index in [-0.39, 0.29) is 0 Å². The van der Waals surface area contributed by atoms with Crippen LogP contribution in [-0.2, 0) is 19.9 Å². The van der Waals surface area contributed by atoms with Gasteiger partial charge in [0.25, 0.3) is 0 Å². The van der Waals surface area contributed by atoms with Gasteiger partial charge in [0.2, 0.25) is 13.3 Å². The lowest BCUT2D eigenvalue weighted by Gasteiger charge is -2.34. The van der Waals surface area contributed by atoms with Gasteiger partial charge in [-0.1, -0.05) is 167 Å². The van der Waals surface area contributed by atoms with E-state index in [9.17, 15) is 0 Å². The van der Waals surface area contributed by atoms with Gasteiger partial charge in [-0.2, -0.15) is 0 Å². The molecule has 4 heterocycles. The first kappa shape index (κ1) is 37.2. The monoisotopic (exact) mass is 758 g/mol. The molecule has 55 heavy (non-hydrogen) atoms. The Labute approximate surface area is 331 Å². The number of nitrogens with zero attached hydrogens (tertiary/aromatic N) is 4. The zero-order valence-corrected chi connectivity index (χ0v) is 35.2. The molecule has 4 nitrogen and oxygen atoms in total. The highest BCUT2D eigenvalue weighted by Gasteiger charge is 2.45. The predicted molar refractivity (Wildman–Crippen MR) is 237 cm³/mol. The summed E-state index contributed by atoms with van der Waals surface area (Å²) >= 11 is 0. The maximum Gasteiger partial charge on any atom is 0.222 e. The molecule has 0 spiro atoms. The van der Waals surface area contributed by atoms with Crippen molar-refractivity contribution in [2.45, 2.75) is 96.9 Å². The van der Waals surface area contributed by atoms with Crippen LogP contribution in [-0.4, -0.2) is 52.9 Å². The Morgan fingerprint density at radius 3 is 1.51 bits per heavy atom. The lowest BCUT2D eigenvalue weighted by atomic mass is 9.95. The van der Waals surface area contributed by atoms with E-state index in [1.807, 2.05) is 0 Å². The van der Waals surface area contributed by atoms with Gasteiger partial charge in [0.15, 0.2) is 33.1 Å². The fourth-order valence-corrected chi connectivity index (χ4v) is 18.6. The van der Waals surface area contributed by atoms with Crippen LogP contribution in [0.1, 0.15) is 69.8 Å². The maximum atomic E-state index is 2.62. The highest BCUT2D eigenvalue weighted by atomic mass is 28.3. The largest absolute Gasteiger partial charge is 0.288 e. The van der Waals surface area contributed by atoms with Crippen molar-refractivity contribution < 1.29 is 9.15 Å². The normalized spacial score (nSPS) is 15.5. The molecule has 3 aliphatic rings. The minimum Gasteiger partial charge on any atom is -0.288 e. The molecule has 2 aromatic heterocycles. The summed E-state index contributed by atoms with van der Waals surface area (Å²) in [5.74, 6) is 0. The van der Waals surface area contributed by atoms with E-state index in [1.54, 1.807) is 5.32 Å². The third-order valence-electron chi connectivity index (χ3n) is 13.1.